The molecule has 0 aliphatic carbocycles. The number of carbonyl (C=O) groups excluding carboxylic acids is 2. The maximum atomic E-state index is 12.9. The Morgan fingerprint density at radius 2 is 1.71 bits per heavy atom. The molecule has 1 saturated heterocycles. The molecular formula is C25H34N4O2. The van der Waals surface area contributed by atoms with Crippen LogP contribution < -0.4 is 20.9 Å². The van der Waals surface area contributed by atoms with E-state index in [1.807, 2.05) is 58.0 Å². The summed E-state index contributed by atoms with van der Waals surface area (Å²) >= 11 is 0. The molecule has 2 aromatic carbocycles. The number of carbonyl (C=O) groups is 2. The van der Waals surface area contributed by atoms with E-state index >= 15 is 0 Å². The molecule has 3 N–H and O–H groups in total. The summed E-state index contributed by atoms with van der Waals surface area (Å²) in [6, 6.07) is 11.2. The van der Waals surface area contributed by atoms with Gasteiger partial charge in [0.1, 0.15) is 0 Å². The van der Waals surface area contributed by atoms with Crippen LogP contribution in [0.3, 0.4) is 0 Å². The topological polar surface area (TPSA) is 73.5 Å². The van der Waals surface area contributed by atoms with Crippen molar-refractivity contribution >= 4 is 29.0 Å². The fraction of sp³-hybridized carbons (Fsp3) is 0.440. The van der Waals surface area contributed by atoms with Gasteiger partial charge in [0.05, 0.1) is 5.56 Å². The lowest BCUT2D eigenvalue weighted by atomic mass is 9.97. The summed E-state index contributed by atoms with van der Waals surface area (Å²) in [6.07, 6.45) is 2.23. The quantitative estimate of drug-likeness (QED) is 0.610. The van der Waals surface area contributed by atoms with Gasteiger partial charge < -0.3 is 20.9 Å². The number of benzene rings is 2. The minimum absolute atomic E-state index is 0.0335. The molecule has 0 spiro atoms. The van der Waals surface area contributed by atoms with Crippen LogP contribution >= 0.6 is 0 Å². The standard InChI is InChI=1S/C25H34N4O2/c1-16(2)26-24(30)21-15-20(7-9-23(21)29-12-10-17(3)11-13-29)27-25(31)28-22-8-6-18(4)14-19(22)5/h6-9,14-17H,10-13H2,1-5H3,(H,26,30)(H2,27,28,31). The van der Waals surface area contributed by atoms with Crippen LogP contribution in [0.15, 0.2) is 36.4 Å². The third kappa shape index (κ3) is 6.00. The van der Waals surface area contributed by atoms with Crippen molar-refractivity contribution in [2.24, 2.45) is 5.92 Å². The molecule has 0 bridgehead atoms. The molecule has 6 nitrogen and oxygen atoms in total. The third-order valence-corrected chi connectivity index (χ3v) is 5.67. The number of nitrogens with one attached hydrogen (secondary N) is 3. The molecule has 0 atom stereocenters. The molecule has 0 aromatic heterocycles. The van der Waals surface area contributed by atoms with E-state index in [1.54, 1.807) is 6.07 Å². The van der Waals surface area contributed by atoms with E-state index in [0.29, 0.717) is 17.2 Å². The molecule has 1 fully saturated rings. The predicted molar refractivity (Wildman–Crippen MR) is 128 cm³/mol. The second kappa shape index (κ2) is 9.86. The number of piperidine rings is 1. The Morgan fingerprint density at radius 3 is 2.35 bits per heavy atom. The SMILES string of the molecule is Cc1ccc(NC(=O)Nc2ccc(N3CCC(C)CC3)c(C(=O)NC(C)C)c2)c(C)c1. The summed E-state index contributed by atoms with van der Waals surface area (Å²) in [5.41, 5.74) is 5.01. The molecule has 1 heterocycles. The van der Waals surface area contributed by atoms with Crippen LogP contribution in [0.5, 0.6) is 0 Å². The number of aryl methyl sites for hydroxylation is 2. The first-order chi connectivity index (χ1) is 14.7. The molecule has 1 aliphatic rings. The van der Waals surface area contributed by atoms with Crippen molar-refractivity contribution in [3.8, 4) is 0 Å². The van der Waals surface area contributed by atoms with E-state index in [2.05, 4.69) is 27.8 Å². The number of hydrogen-bond acceptors (Lipinski definition) is 3. The van der Waals surface area contributed by atoms with Crippen LogP contribution in [0.25, 0.3) is 0 Å². The molecule has 6 heteroatoms. The maximum absolute atomic E-state index is 12.9. The van der Waals surface area contributed by atoms with Crippen LogP contribution in [0.1, 0.15) is 55.1 Å². The van der Waals surface area contributed by atoms with Gasteiger partial charge in [-0.2, -0.15) is 0 Å². The second-order valence-electron chi connectivity index (χ2n) is 8.93. The molecule has 3 rings (SSSR count). The Balaban J connectivity index is 1.80. The Hall–Kier alpha value is -3.02. The van der Waals surface area contributed by atoms with Gasteiger partial charge in [0, 0.05) is 36.2 Å². The largest absolute Gasteiger partial charge is 0.371 e. The summed E-state index contributed by atoms with van der Waals surface area (Å²) in [4.78, 5) is 27.8. The first-order valence-electron chi connectivity index (χ1n) is 11.1. The molecule has 0 saturated carbocycles. The maximum Gasteiger partial charge on any atom is 0.323 e. The zero-order valence-corrected chi connectivity index (χ0v) is 19.2. The van der Waals surface area contributed by atoms with Crippen LogP contribution in [0, 0.1) is 19.8 Å². The van der Waals surface area contributed by atoms with Crippen molar-refractivity contribution in [1.82, 2.24) is 5.32 Å². The molecule has 31 heavy (non-hydrogen) atoms. The van der Waals surface area contributed by atoms with Crippen LogP contribution in [-0.4, -0.2) is 31.1 Å². The van der Waals surface area contributed by atoms with Gasteiger partial charge in [-0.25, -0.2) is 4.79 Å². The summed E-state index contributed by atoms with van der Waals surface area (Å²) < 4.78 is 0. The number of urea groups is 1. The van der Waals surface area contributed by atoms with Crippen molar-refractivity contribution in [3.63, 3.8) is 0 Å². The minimum Gasteiger partial charge on any atom is -0.371 e. The second-order valence-corrected chi connectivity index (χ2v) is 8.93. The molecule has 1 aliphatic heterocycles. The average molecular weight is 423 g/mol. The van der Waals surface area contributed by atoms with Gasteiger partial charge in [0.2, 0.25) is 0 Å². The zero-order chi connectivity index (χ0) is 22.5. The summed E-state index contributed by atoms with van der Waals surface area (Å²) in [7, 11) is 0. The first-order valence-corrected chi connectivity index (χ1v) is 11.1. The van der Waals surface area contributed by atoms with Crippen molar-refractivity contribution < 1.29 is 9.59 Å². The minimum atomic E-state index is -0.332. The lowest BCUT2D eigenvalue weighted by Crippen LogP contribution is -2.36. The van der Waals surface area contributed by atoms with Crippen LogP contribution in [-0.2, 0) is 0 Å². The number of anilines is 3. The van der Waals surface area contributed by atoms with Gasteiger partial charge in [0.15, 0.2) is 0 Å². The van der Waals surface area contributed by atoms with Crippen molar-refractivity contribution in [3.05, 3.63) is 53.1 Å². The number of rotatable bonds is 5. The van der Waals surface area contributed by atoms with Gasteiger partial charge in [-0.05, 0) is 76.3 Å². The summed E-state index contributed by atoms with van der Waals surface area (Å²) in [6.45, 7) is 12.0. The molecule has 3 amide bonds. The Labute approximate surface area is 185 Å². The van der Waals surface area contributed by atoms with E-state index in [4.69, 9.17) is 0 Å². The van der Waals surface area contributed by atoms with Crippen molar-refractivity contribution in [1.29, 1.82) is 0 Å². The lowest BCUT2D eigenvalue weighted by molar-refractivity contribution is 0.0943. The predicted octanol–water partition coefficient (Wildman–Crippen LogP) is 5.32. The number of nitrogens with zero attached hydrogens (tertiary/aromatic N) is 1. The molecule has 166 valence electrons. The molecule has 0 radical (unpaired) electrons. The summed E-state index contributed by atoms with van der Waals surface area (Å²) in [5, 5.41) is 8.74. The highest BCUT2D eigenvalue weighted by atomic mass is 16.2. The molecule has 0 unspecified atom stereocenters. The normalized spacial score (nSPS) is 14.5. The van der Waals surface area contributed by atoms with Gasteiger partial charge in [-0.1, -0.05) is 24.6 Å². The Bertz CT molecular complexity index is 947. The zero-order valence-electron chi connectivity index (χ0n) is 19.2. The van der Waals surface area contributed by atoms with Crippen molar-refractivity contribution in [2.45, 2.75) is 53.5 Å². The molecule has 2 aromatic rings. The van der Waals surface area contributed by atoms with E-state index < -0.39 is 0 Å². The highest BCUT2D eigenvalue weighted by Crippen LogP contribution is 2.29. The van der Waals surface area contributed by atoms with Gasteiger partial charge >= 0.3 is 6.03 Å². The van der Waals surface area contributed by atoms with E-state index in [0.717, 1.165) is 48.4 Å². The van der Waals surface area contributed by atoms with Crippen molar-refractivity contribution in [2.75, 3.05) is 28.6 Å². The van der Waals surface area contributed by atoms with Crippen LogP contribution in [0.2, 0.25) is 0 Å². The van der Waals surface area contributed by atoms with E-state index in [1.165, 1.54) is 0 Å². The summed E-state index contributed by atoms with van der Waals surface area (Å²) in [5.74, 6) is 0.584. The lowest BCUT2D eigenvalue weighted by Gasteiger charge is -2.33. The fourth-order valence-corrected chi connectivity index (χ4v) is 3.90. The Morgan fingerprint density at radius 1 is 1.00 bits per heavy atom. The average Bonchev–Trinajstić information content (AvgIpc) is 2.70. The Kier molecular flexibility index (Phi) is 7.21. The first kappa shape index (κ1) is 22.7. The van der Waals surface area contributed by atoms with Gasteiger partial charge in [-0.3, -0.25) is 4.79 Å². The van der Waals surface area contributed by atoms with E-state index in [9.17, 15) is 9.59 Å². The number of amides is 3. The fourth-order valence-electron chi connectivity index (χ4n) is 3.90. The smallest absolute Gasteiger partial charge is 0.323 e. The van der Waals surface area contributed by atoms with Crippen LogP contribution in [0.4, 0.5) is 21.9 Å². The third-order valence-electron chi connectivity index (χ3n) is 5.67. The highest BCUT2D eigenvalue weighted by molar-refractivity contribution is 6.04. The van der Waals surface area contributed by atoms with Gasteiger partial charge in [0.25, 0.3) is 5.91 Å². The number of hydrogen-bond donors (Lipinski definition) is 3. The highest BCUT2D eigenvalue weighted by Gasteiger charge is 2.22. The monoisotopic (exact) mass is 422 g/mol. The molecular weight excluding hydrogens is 388 g/mol. The van der Waals surface area contributed by atoms with Gasteiger partial charge in [-0.15, -0.1) is 0 Å². The van der Waals surface area contributed by atoms with E-state index in [-0.39, 0.29) is 18.0 Å².